The second-order valence-electron chi connectivity index (χ2n) is 6.44. The van der Waals surface area contributed by atoms with E-state index >= 15 is 0 Å². The summed E-state index contributed by atoms with van der Waals surface area (Å²) in [7, 11) is 0. The summed E-state index contributed by atoms with van der Waals surface area (Å²) in [6, 6.07) is 12.4. The molecule has 6 nitrogen and oxygen atoms in total. The summed E-state index contributed by atoms with van der Waals surface area (Å²) in [5, 5.41) is 9.83. The van der Waals surface area contributed by atoms with Crippen LogP contribution in [0.3, 0.4) is 0 Å². The van der Waals surface area contributed by atoms with Gasteiger partial charge in [0.2, 0.25) is 0 Å². The Morgan fingerprint density at radius 1 is 1.11 bits per heavy atom. The molecular formula is C22H20N4O2. The Bertz CT molecular complexity index is 1120. The minimum Gasteiger partial charge on any atom is -0.399 e. The summed E-state index contributed by atoms with van der Waals surface area (Å²) < 4.78 is 0. The zero-order valence-corrected chi connectivity index (χ0v) is 15.3. The molecule has 28 heavy (non-hydrogen) atoms. The van der Waals surface area contributed by atoms with Crippen molar-refractivity contribution in [2.24, 2.45) is 5.73 Å². The average molecular weight is 372 g/mol. The molecule has 2 atom stereocenters. The van der Waals surface area contributed by atoms with E-state index in [0.717, 1.165) is 27.6 Å². The van der Waals surface area contributed by atoms with Crippen LogP contribution in [0.25, 0.3) is 10.9 Å². The van der Waals surface area contributed by atoms with Gasteiger partial charge in [0.05, 0.1) is 5.92 Å². The first-order valence-electron chi connectivity index (χ1n) is 8.67. The van der Waals surface area contributed by atoms with Crippen molar-refractivity contribution in [1.82, 2.24) is 10.5 Å². The first kappa shape index (κ1) is 19.1. The van der Waals surface area contributed by atoms with Gasteiger partial charge in [-0.2, -0.15) is 0 Å². The molecular weight excluding hydrogens is 352 g/mol. The summed E-state index contributed by atoms with van der Waals surface area (Å²) in [5.41, 5.74) is 17.1. The maximum Gasteiger partial charge on any atom is 0.252 e. The first-order valence-corrected chi connectivity index (χ1v) is 8.67. The summed E-state index contributed by atoms with van der Waals surface area (Å²) in [4.78, 5) is 15.1. The van der Waals surface area contributed by atoms with Crippen LogP contribution in [-0.2, 0) is 4.79 Å². The fourth-order valence-corrected chi connectivity index (χ4v) is 2.99. The average Bonchev–Trinajstić information content (AvgIpc) is 3.09. The van der Waals surface area contributed by atoms with Gasteiger partial charge in [-0.1, -0.05) is 17.9 Å². The third-order valence-electron chi connectivity index (χ3n) is 4.35. The number of nitrogens with two attached hydrogens (primary N) is 2. The summed E-state index contributed by atoms with van der Waals surface area (Å²) >= 11 is 0. The molecule has 1 heterocycles. The quantitative estimate of drug-likeness (QED) is 0.209. The fraction of sp³-hybridized carbons (Fsp3) is 0.136. The van der Waals surface area contributed by atoms with Crippen LogP contribution >= 0.6 is 0 Å². The second-order valence-corrected chi connectivity index (χ2v) is 6.44. The van der Waals surface area contributed by atoms with Crippen molar-refractivity contribution in [3.05, 3.63) is 65.4 Å². The Hall–Kier alpha value is -3.71. The number of hydrogen-bond acceptors (Lipinski definition) is 4. The molecule has 0 saturated carbocycles. The highest BCUT2D eigenvalue weighted by atomic mass is 16.5. The number of benzene rings is 2. The maximum atomic E-state index is 12.0. The molecule has 6 heteroatoms. The normalized spacial score (nSPS) is 12.2. The fourth-order valence-electron chi connectivity index (χ4n) is 2.99. The number of anilines is 1. The number of fused-ring (bicyclic) bond motifs is 1. The molecule has 0 aliphatic carbocycles. The van der Waals surface area contributed by atoms with E-state index in [-0.39, 0.29) is 0 Å². The van der Waals surface area contributed by atoms with Crippen LogP contribution in [0.4, 0.5) is 5.69 Å². The van der Waals surface area contributed by atoms with E-state index < -0.39 is 17.9 Å². The molecule has 3 rings (SSSR count). The molecule has 0 spiro atoms. The van der Waals surface area contributed by atoms with Gasteiger partial charge in [-0.05, 0) is 60.7 Å². The number of carbonyl (C=O) groups is 1. The van der Waals surface area contributed by atoms with Crippen molar-refractivity contribution in [3.8, 4) is 23.7 Å². The molecule has 140 valence electrons. The molecule has 0 bridgehead atoms. The van der Waals surface area contributed by atoms with Crippen LogP contribution in [-0.4, -0.2) is 22.1 Å². The van der Waals surface area contributed by atoms with Gasteiger partial charge in [0.25, 0.3) is 5.91 Å². The second kappa shape index (κ2) is 8.32. The lowest BCUT2D eigenvalue weighted by Crippen LogP contribution is -2.37. The van der Waals surface area contributed by atoms with E-state index in [1.165, 1.54) is 0 Å². The molecule has 0 saturated heterocycles. The van der Waals surface area contributed by atoms with E-state index in [1.807, 2.05) is 30.3 Å². The van der Waals surface area contributed by atoms with E-state index in [2.05, 4.69) is 28.7 Å². The molecule has 0 aliphatic rings. The van der Waals surface area contributed by atoms with Gasteiger partial charge in [-0.15, -0.1) is 0 Å². The summed E-state index contributed by atoms with van der Waals surface area (Å²) in [5.74, 6) is 10.4. The molecule has 3 aromatic rings. The van der Waals surface area contributed by atoms with Crippen molar-refractivity contribution in [2.75, 3.05) is 5.73 Å². The number of amides is 1. The maximum absolute atomic E-state index is 12.0. The van der Waals surface area contributed by atoms with Crippen LogP contribution < -0.4 is 16.9 Å². The van der Waals surface area contributed by atoms with Crippen molar-refractivity contribution >= 4 is 22.5 Å². The number of rotatable bonds is 3. The summed E-state index contributed by atoms with van der Waals surface area (Å²) in [6.45, 7) is 1.72. The lowest BCUT2D eigenvalue weighted by atomic mass is 9.91. The number of nitrogens with one attached hydrogen (secondary N) is 2. The summed E-state index contributed by atoms with van der Waals surface area (Å²) in [6.07, 6.45) is 1.73. The number of hydroxylamine groups is 1. The molecule has 0 aliphatic heterocycles. The lowest BCUT2D eigenvalue weighted by molar-refractivity contribution is -0.131. The Morgan fingerprint density at radius 3 is 2.39 bits per heavy atom. The Morgan fingerprint density at radius 2 is 1.75 bits per heavy atom. The Balaban J connectivity index is 1.85. The number of H-pyrrole nitrogens is 1. The highest BCUT2D eigenvalue weighted by molar-refractivity contribution is 5.92. The number of hydrogen-bond donors (Lipinski definition) is 5. The van der Waals surface area contributed by atoms with E-state index in [4.69, 9.17) is 16.7 Å². The van der Waals surface area contributed by atoms with Crippen molar-refractivity contribution < 1.29 is 10.0 Å². The van der Waals surface area contributed by atoms with Gasteiger partial charge in [-0.3, -0.25) is 10.0 Å². The van der Waals surface area contributed by atoms with Crippen molar-refractivity contribution in [1.29, 1.82) is 0 Å². The molecule has 7 N–H and O–H groups in total. The minimum absolute atomic E-state index is 0.464. The van der Waals surface area contributed by atoms with Gasteiger partial charge in [0.15, 0.2) is 0 Å². The molecule has 0 fully saturated rings. The monoisotopic (exact) mass is 372 g/mol. The predicted molar refractivity (Wildman–Crippen MR) is 109 cm³/mol. The van der Waals surface area contributed by atoms with Gasteiger partial charge in [0, 0.05) is 40.0 Å². The van der Waals surface area contributed by atoms with Crippen LogP contribution in [0, 0.1) is 23.7 Å². The Kier molecular flexibility index (Phi) is 5.67. The Labute approximate surface area is 162 Å². The van der Waals surface area contributed by atoms with Crippen LogP contribution in [0.2, 0.25) is 0 Å². The van der Waals surface area contributed by atoms with Crippen LogP contribution in [0.15, 0.2) is 48.7 Å². The first-order chi connectivity index (χ1) is 13.5. The SMILES string of the molecule is CC(N)C(C(=O)NO)c1c[nH]c2cc(C#CC#Cc3ccc(N)cc3)ccc12. The largest absolute Gasteiger partial charge is 0.399 e. The van der Waals surface area contributed by atoms with Gasteiger partial charge < -0.3 is 16.5 Å². The van der Waals surface area contributed by atoms with E-state index in [1.54, 1.807) is 30.7 Å². The molecule has 1 aromatic heterocycles. The number of aromatic amines is 1. The van der Waals surface area contributed by atoms with E-state index in [9.17, 15) is 4.79 Å². The van der Waals surface area contributed by atoms with Crippen molar-refractivity contribution in [2.45, 2.75) is 18.9 Å². The van der Waals surface area contributed by atoms with Gasteiger partial charge in [0.1, 0.15) is 0 Å². The third-order valence-corrected chi connectivity index (χ3v) is 4.35. The van der Waals surface area contributed by atoms with Crippen LogP contribution in [0.1, 0.15) is 29.5 Å². The number of nitrogen functional groups attached to an aromatic ring is 1. The lowest BCUT2D eigenvalue weighted by Gasteiger charge is -2.18. The number of carbonyl (C=O) groups excluding carboxylic acids is 1. The molecule has 0 radical (unpaired) electrons. The van der Waals surface area contributed by atoms with Gasteiger partial charge >= 0.3 is 0 Å². The smallest absolute Gasteiger partial charge is 0.252 e. The van der Waals surface area contributed by atoms with Crippen molar-refractivity contribution in [3.63, 3.8) is 0 Å². The van der Waals surface area contributed by atoms with Gasteiger partial charge in [-0.25, -0.2) is 5.48 Å². The number of aromatic nitrogens is 1. The molecule has 2 unspecified atom stereocenters. The van der Waals surface area contributed by atoms with Crippen LogP contribution in [0.5, 0.6) is 0 Å². The minimum atomic E-state index is -0.665. The van der Waals surface area contributed by atoms with E-state index in [0.29, 0.717) is 5.69 Å². The third kappa shape index (κ3) is 4.16. The predicted octanol–water partition coefficient (Wildman–Crippen LogP) is 2.09. The topological polar surface area (TPSA) is 117 Å². The highest BCUT2D eigenvalue weighted by Crippen LogP contribution is 2.28. The zero-order valence-electron chi connectivity index (χ0n) is 15.3. The zero-order chi connectivity index (χ0) is 20.1. The standard InChI is InChI=1S/C22H20N4O2/c1-14(23)21(22(27)26-28)19-13-25-20-12-16(8-11-18(19)20)5-3-2-4-15-6-9-17(24)10-7-15/h6-14,21,25,28H,23-24H2,1H3,(H,26,27). The molecule has 2 aromatic carbocycles. The molecule has 1 amide bonds. The highest BCUT2D eigenvalue weighted by Gasteiger charge is 2.26.